The van der Waals surface area contributed by atoms with Crippen molar-refractivity contribution in [2.24, 2.45) is 0 Å². The van der Waals surface area contributed by atoms with Crippen LogP contribution in [0.15, 0.2) is 42.7 Å². The lowest BCUT2D eigenvalue weighted by atomic mass is 10.1. The number of hydrogen-bond donors (Lipinski definition) is 1. The van der Waals surface area contributed by atoms with Gasteiger partial charge in [0.15, 0.2) is 9.84 Å². The molecule has 1 aromatic carbocycles. The van der Waals surface area contributed by atoms with E-state index in [1.165, 1.54) is 6.20 Å². The Morgan fingerprint density at radius 2 is 2.04 bits per heavy atom. The molecule has 3 rings (SSSR count). The average molecular weight is 388 g/mol. The molecule has 6 nitrogen and oxygen atoms in total. The maximum Gasteiger partial charge on any atom is 0.257 e. The van der Waals surface area contributed by atoms with Gasteiger partial charge < -0.3 is 10.2 Å². The van der Waals surface area contributed by atoms with Crippen molar-refractivity contribution in [2.45, 2.75) is 32.7 Å². The topological polar surface area (TPSA) is 79.4 Å². The number of nitrogens with one attached hydrogen (secondary N) is 1. The number of anilines is 2. The van der Waals surface area contributed by atoms with Gasteiger partial charge in [0.2, 0.25) is 0 Å². The van der Waals surface area contributed by atoms with Crippen LogP contribution in [-0.4, -0.2) is 43.4 Å². The van der Waals surface area contributed by atoms with Crippen molar-refractivity contribution in [1.82, 2.24) is 4.98 Å². The first-order valence-corrected chi connectivity index (χ1v) is 11.1. The summed E-state index contributed by atoms with van der Waals surface area (Å²) in [5.41, 5.74) is 3.10. The van der Waals surface area contributed by atoms with Crippen molar-refractivity contribution in [3.05, 3.63) is 53.9 Å². The predicted octanol–water partition coefficient (Wildman–Crippen LogP) is 2.91. The highest BCUT2D eigenvalue weighted by molar-refractivity contribution is 7.91. The van der Waals surface area contributed by atoms with Gasteiger partial charge in [0.1, 0.15) is 0 Å². The van der Waals surface area contributed by atoms with Crippen LogP contribution in [0.3, 0.4) is 0 Å². The van der Waals surface area contributed by atoms with Crippen LogP contribution in [-0.2, 0) is 16.3 Å². The Morgan fingerprint density at radius 1 is 1.26 bits per heavy atom. The Morgan fingerprint density at radius 3 is 2.70 bits per heavy atom. The molecule has 1 saturated heterocycles. The third-order valence-corrected chi connectivity index (χ3v) is 6.70. The minimum Gasteiger partial charge on any atom is -0.367 e. The zero-order chi connectivity index (χ0) is 19.4. The van der Waals surface area contributed by atoms with E-state index < -0.39 is 9.84 Å². The minimum atomic E-state index is -2.97. The molecule has 2 heterocycles. The summed E-state index contributed by atoms with van der Waals surface area (Å²) in [5, 5.41) is 2.95. The zero-order valence-corrected chi connectivity index (χ0v) is 16.5. The lowest BCUT2D eigenvalue weighted by Gasteiger charge is -2.29. The average Bonchev–Trinajstić information content (AvgIpc) is 3.02. The Kier molecular flexibility index (Phi) is 5.79. The first-order chi connectivity index (χ1) is 12.9. The number of rotatable bonds is 6. The summed E-state index contributed by atoms with van der Waals surface area (Å²) in [7, 11) is -2.97. The first-order valence-electron chi connectivity index (χ1n) is 9.25. The van der Waals surface area contributed by atoms with Crippen LogP contribution >= 0.6 is 0 Å². The molecule has 0 saturated carbocycles. The third-order valence-electron chi connectivity index (χ3n) is 4.95. The van der Waals surface area contributed by atoms with Crippen LogP contribution in [0.1, 0.15) is 36.2 Å². The van der Waals surface area contributed by atoms with Gasteiger partial charge in [-0.1, -0.05) is 25.1 Å². The highest BCUT2D eigenvalue weighted by Crippen LogP contribution is 2.25. The van der Waals surface area contributed by atoms with E-state index >= 15 is 0 Å². The number of sulfone groups is 1. The second-order valence-electron chi connectivity index (χ2n) is 6.74. The number of carbonyl (C=O) groups is 1. The molecule has 1 aliphatic rings. The first kappa shape index (κ1) is 19.4. The molecule has 1 aliphatic heterocycles. The van der Waals surface area contributed by atoms with E-state index in [0.717, 1.165) is 23.4 Å². The summed E-state index contributed by atoms with van der Waals surface area (Å²) in [6.07, 6.45) is 4.66. The lowest BCUT2D eigenvalue weighted by molar-refractivity contribution is 0.102. The molecule has 1 unspecified atom stereocenters. The van der Waals surface area contributed by atoms with Gasteiger partial charge >= 0.3 is 0 Å². The number of benzene rings is 1. The molecule has 0 radical (unpaired) electrons. The second kappa shape index (κ2) is 8.08. The molecule has 1 aromatic heterocycles. The molecule has 1 amide bonds. The Hall–Kier alpha value is -2.41. The number of para-hydroxylation sites is 1. The van der Waals surface area contributed by atoms with Gasteiger partial charge in [-0.3, -0.25) is 9.78 Å². The number of hydrogen-bond acceptors (Lipinski definition) is 5. The van der Waals surface area contributed by atoms with Crippen molar-refractivity contribution in [3.8, 4) is 0 Å². The number of amides is 1. The largest absolute Gasteiger partial charge is 0.367 e. The third kappa shape index (κ3) is 4.47. The number of carbonyl (C=O) groups excluding carboxylic acids is 1. The Balaban J connectivity index is 1.81. The van der Waals surface area contributed by atoms with Gasteiger partial charge in [-0.2, -0.15) is 0 Å². The summed E-state index contributed by atoms with van der Waals surface area (Å²) >= 11 is 0. The standard InChI is InChI=1S/C20H25N3O3S/c1-3-15-7-5-6-8-19(15)22-20(24)16-11-18(13-21-12-16)23(4-2)17-9-10-27(25,26)14-17/h5-8,11-13,17H,3-4,9-10,14H2,1-2H3,(H,22,24). The predicted molar refractivity (Wildman–Crippen MR) is 108 cm³/mol. The molecule has 0 aliphatic carbocycles. The Bertz CT molecular complexity index is 928. The second-order valence-corrected chi connectivity index (χ2v) is 8.97. The molecular weight excluding hydrogens is 362 g/mol. The molecule has 144 valence electrons. The van der Waals surface area contributed by atoms with Gasteiger partial charge in [-0.25, -0.2) is 8.42 Å². The number of aromatic nitrogens is 1. The van der Waals surface area contributed by atoms with Gasteiger partial charge in [0.05, 0.1) is 29.0 Å². The van der Waals surface area contributed by atoms with E-state index in [2.05, 4.69) is 10.3 Å². The van der Waals surface area contributed by atoms with Crippen LogP contribution in [0.5, 0.6) is 0 Å². The smallest absolute Gasteiger partial charge is 0.257 e. The number of pyridine rings is 1. The van der Waals surface area contributed by atoms with Crippen LogP contribution < -0.4 is 10.2 Å². The molecule has 0 bridgehead atoms. The maximum absolute atomic E-state index is 12.7. The molecule has 27 heavy (non-hydrogen) atoms. The van der Waals surface area contributed by atoms with E-state index in [4.69, 9.17) is 0 Å². The van der Waals surface area contributed by atoms with Crippen LogP contribution in [0.25, 0.3) is 0 Å². The zero-order valence-electron chi connectivity index (χ0n) is 15.7. The molecule has 1 atom stereocenters. The minimum absolute atomic E-state index is 0.0686. The fraction of sp³-hybridized carbons (Fsp3) is 0.400. The maximum atomic E-state index is 12.7. The van der Waals surface area contributed by atoms with Crippen molar-refractivity contribution < 1.29 is 13.2 Å². The van der Waals surface area contributed by atoms with E-state index in [-0.39, 0.29) is 23.5 Å². The summed E-state index contributed by atoms with van der Waals surface area (Å²) < 4.78 is 23.6. The summed E-state index contributed by atoms with van der Waals surface area (Å²) in [6, 6.07) is 9.43. The molecule has 1 fully saturated rings. The van der Waals surface area contributed by atoms with E-state index in [0.29, 0.717) is 18.5 Å². The molecule has 1 N–H and O–H groups in total. The highest BCUT2D eigenvalue weighted by atomic mass is 32.2. The van der Waals surface area contributed by atoms with E-state index in [1.54, 1.807) is 12.3 Å². The van der Waals surface area contributed by atoms with Gasteiger partial charge in [0.25, 0.3) is 5.91 Å². The normalized spacial score (nSPS) is 18.2. The number of nitrogens with zero attached hydrogens (tertiary/aromatic N) is 2. The SMILES string of the molecule is CCc1ccccc1NC(=O)c1cncc(N(CC)C2CCS(=O)(=O)C2)c1. The highest BCUT2D eigenvalue weighted by Gasteiger charge is 2.32. The summed E-state index contributed by atoms with van der Waals surface area (Å²) in [4.78, 5) is 18.9. The van der Waals surface area contributed by atoms with Crippen molar-refractivity contribution in [3.63, 3.8) is 0 Å². The monoisotopic (exact) mass is 387 g/mol. The summed E-state index contributed by atoms with van der Waals surface area (Å²) in [6.45, 7) is 4.68. The van der Waals surface area contributed by atoms with Gasteiger partial charge in [-0.15, -0.1) is 0 Å². The summed E-state index contributed by atoms with van der Waals surface area (Å²) in [5.74, 6) is 0.150. The molecular formula is C20H25N3O3S. The molecule has 7 heteroatoms. The van der Waals surface area contributed by atoms with Crippen molar-refractivity contribution >= 4 is 27.1 Å². The van der Waals surface area contributed by atoms with Gasteiger partial charge in [-0.05, 0) is 37.5 Å². The lowest BCUT2D eigenvalue weighted by Crippen LogP contribution is -2.36. The quantitative estimate of drug-likeness (QED) is 0.824. The van der Waals surface area contributed by atoms with Crippen LogP contribution in [0, 0.1) is 0 Å². The fourth-order valence-corrected chi connectivity index (χ4v) is 5.26. The van der Waals surface area contributed by atoms with E-state index in [9.17, 15) is 13.2 Å². The van der Waals surface area contributed by atoms with Crippen molar-refractivity contribution in [1.29, 1.82) is 0 Å². The number of aryl methyl sites for hydroxylation is 1. The Labute approximate surface area is 160 Å². The van der Waals surface area contributed by atoms with E-state index in [1.807, 2.05) is 43.0 Å². The fourth-order valence-electron chi connectivity index (χ4n) is 3.53. The van der Waals surface area contributed by atoms with Crippen LogP contribution in [0.2, 0.25) is 0 Å². The van der Waals surface area contributed by atoms with Crippen molar-refractivity contribution in [2.75, 3.05) is 28.3 Å². The molecule has 0 spiro atoms. The van der Waals surface area contributed by atoms with Crippen LogP contribution in [0.4, 0.5) is 11.4 Å². The molecule has 2 aromatic rings. The van der Waals surface area contributed by atoms with Gasteiger partial charge in [0, 0.05) is 24.5 Å².